The van der Waals surface area contributed by atoms with Crippen molar-refractivity contribution in [2.75, 3.05) is 6.61 Å². The summed E-state index contributed by atoms with van der Waals surface area (Å²) in [6.45, 7) is 5.08. The van der Waals surface area contributed by atoms with Gasteiger partial charge in [-0.1, -0.05) is 45.3 Å². The lowest BCUT2D eigenvalue weighted by atomic mass is 10.0. The maximum absolute atomic E-state index is 5.63. The maximum Gasteiger partial charge on any atom is 0.232 e. The van der Waals surface area contributed by atoms with Crippen LogP contribution in [0.1, 0.15) is 45.2 Å². The molecule has 1 aromatic heterocycles. The van der Waals surface area contributed by atoms with Gasteiger partial charge in [-0.15, -0.1) is 0 Å². The zero-order chi connectivity index (χ0) is 13.4. The van der Waals surface area contributed by atoms with E-state index in [1.807, 2.05) is 0 Å². The zero-order valence-electron chi connectivity index (χ0n) is 11.1. The van der Waals surface area contributed by atoms with Gasteiger partial charge in [0.25, 0.3) is 0 Å². The SMILES string of the molecule is CCCCC(CC)COc1cnc(C(N)=S)cn1. The van der Waals surface area contributed by atoms with E-state index in [9.17, 15) is 0 Å². The van der Waals surface area contributed by atoms with Crippen molar-refractivity contribution >= 4 is 17.2 Å². The van der Waals surface area contributed by atoms with Crippen molar-refractivity contribution in [2.24, 2.45) is 11.7 Å². The minimum Gasteiger partial charge on any atom is -0.476 e. The van der Waals surface area contributed by atoms with Crippen LogP contribution in [-0.2, 0) is 0 Å². The Hall–Kier alpha value is -1.23. The van der Waals surface area contributed by atoms with Crippen molar-refractivity contribution < 1.29 is 4.74 Å². The van der Waals surface area contributed by atoms with Gasteiger partial charge in [-0.2, -0.15) is 0 Å². The predicted octanol–water partition coefficient (Wildman–Crippen LogP) is 2.71. The van der Waals surface area contributed by atoms with Crippen LogP contribution in [0.15, 0.2) is 12.4 Å². The minimum absolute atomic E-state index is 0.253. The number of nitrogens with two attached hydrogens (primary N) is 1. The van der Waals surface area contributed by atoms with Crippen molar-refractivity contribution in [2.45, 2.75) is 39.5 Å². The van der Waals surface area contributed by atoms with Gasteiger partial charge in [0.15, 0.2) is 0 Å². The smallest absolute Gasteiger partial charge is 0.232 e. The monoisotopic (exact) mass is 267 g/mol. The van der Waals surface area contributed by atoms with E-state index in [-0.39, 0.29) is 4.99 Å². The van der Waals surface area contributed by atoms with Crippen LogP contribution in [0.2, 0.25) is 0 Å². The standard InChI is InChI=1S/C13H21N3OS/c1-3-5-6-10(4-2)9-17-12-8-15-11(7-16-12)13(14)18/h7-8,10H,3-6,9H2,1-2H3,(H2,14,18). The number of thiocarbonyl (C=S) groups is 1. The number of hydrogen-bond acceptors (Lipinski definition) is 4. The number of hydrogen-bond donors (Lipinski definition) is 1. The highest BCUT2D eigenvalue weighted by molar-refractivity contribution is 7.80. The lowest BCUT2D eigenvalue weighted by molar-refractivity contribution is 0.225. The van der Waals surface area contributed by atoms with Crippen LogP contribution in [0.25, 0.3) is 0 Å². The highest BCUT2D eigenvalue weighted by atomic mass is 32.1. The highest BCUT2D eigenvalue weighted by Crippen LogP contribution is 2.14. The van der Waals surface area contributed by atoms with E-state index >= 15 is 0 Å². The normalized spacial score (nSPS) is 12.1. The van der Waals surface area contributed by atoms with Crippen LogP contribution in [0.3, 0.4) is 0 Å². The Balaban J connectivity index is 2.44. The number of unbranched alkanes of at least 4 members (excludes halogenated alkanes) is 1. The van der Waals surface area contributed by atoms with E-state index in [1.54, 1.807) is 12.4 Å². The lowest BCUT2D eigenvalue weighted by Crippen LogP contribution is -2.14. The summed E-state index contributed by atoms with van der Waals surface area (Å²) in [5.41, 5.74) is 5.97. The summed E-state index contributed by atoms with van der Waals surface area (Å²) in [6.07, 6.45) is 7.91. The molecule has 0 spiro atoms. The van der Waals surface area contributed by atoms with Gasteiger partial charge >= 0.3 is 0 Å². The fourth-order valence-corrected chi connectivity index (χ4v) is 1.72. The molecule has 0 aromatic carbocycles. The molecule has 0 amide bonds. The topological polar surface area (TPSA) is 61.0 Å². The molecular formula is C13H21N3OS. The number of aromatic nitrogens is 2. The average molecular weight is 267 g/mol. The van der Waals surface area contributed by atoms with Crippen molar-refractivity contribution in [1.82, 2.24) is 9.97 Å². The molecule has 0 aliphatic carbocycles. The maximum atomic E-state index is 5.63. The molecule has 2 N–H and O–H groups in total. The van der Waals surface area contributed by atoms with E-state index in [0.29, 0.717) is 24.1 Å². The Kier molecular flexibility index (Phi) is 6.57. The summed E-state index contributed by atoms with van der Waals surface area (Å²) in [7, 11) is 0. The van der Waals surface area contributed by atoms with Gasteiger partial charge in [0, 0.05) is 0 Å². The molecule has 0 bridgehead atoms. The first-order chi connectivity index (χ1) is 8.67. The zero-order valence-corrected chi connectivity index (χ0v) is 11.9. The Morgan fingerprint density at radius 3 is 2.67 bits per heavy atom. The Morgan fingerprint density at radius 2 is 2.17 bits per heavy atom. The van der Waals surface area contributed by atoms with E-state index in [4.69, 9.17) is 22.7 Å². The summed E-state index contributed by atoms with van der Waals surface area (Å²) in [5.74, 6) is 1.12. The fraction of sp³-hybridized carbons (Fsp3) is 0.615. The molecule has 1 rings (SSSR count). The minimum atomic E-state index is 0.253. The molecule has 0 saturated heterocycles. The molecule has 4 nitrogen and oxygen atoms in total. The summed E-state index contributed by atoms with van der Waals surface area (Å²) in [5, 5.41) is 0. The van der Waals surface area contributed by atoms with Crippen LogP contribution in [0, 0.1) is 5.92 Å². The first-order valence-corrected chi connectivity index (χ1v) is 6.82. The molecule has 5 heteroatoms. The van der Waals surface area contributed by atoms with Crippen molar-refractivity contribution in [3.05, 3.63) is 18.1 Å². The molecule has 1 unspecified atom stereocenters. The molecule has 18 heavy (non-hydrogen) atoms. The van der Waals surface area contributed by atoms with Crippen molar-refractivity contribution in [1.29, 1.82) is 0 Å². The highest BCUT2D eigenvalue weighted by Gasteiger charge is 2.08. The van der Waals surface area contributed by atoms with Crippen LogP contribution in [0.5, 0.6) is 5.88 Å². The van der Waals surface area contributed by atoms with Crippen LogP contribution in [-0.4, -0.2) is 21.6 Å². The Labute approximate surface area is 114 Å². The molecule has 0 aliphatic rings. The largest absolute Gasteiger partial charge is 0.476 e. The summed E-state index contributed by atoms with van der Waals surface area (Å²) in [6, 6.07) is 0. The molecular weight excluding hydrogens is 246 g/mol. The summed E-state index contributed by atoms with van der Waals surface area (Å²) >= 11 is 4.81. The second kappa shape index (κ2) is 7.97. The summed E-state index contributed by atoms with van der Waals surface area (Å²) in [4.78, 5) is 8.48. The molecule has 0 radical (unpaired) electrons. The number of nitrogens with zero attached hydrogens (tertiary/aromatic N) is 2. The van der Waals surface area contributed by atoms with E-state index < -0.39 is 0 Å². The van der Waals surface area contributed by atoms with Gasteiger partial charge in [0.1, 0.15) is 10.7 Å². The third kappa shape index (κ3) is 4.96. The van der Waals surface area contributed by atoms with Crippen molar-refractivity contribution in [3.8, 4) is 5.88 Å². The predicted molar refractivity (Wildman–Crippen MR) is 76.7 cm³/mol. The van der Waals surface area contributed by atoms with E-state index in [0.717, 1.165) is 6.42 Å². The van der Waals surface area contributed by atoms with Gasteiger partial charge in [-0.3, -0.25) is 0 Å². The number of ether oxygens (including phenoxy) is 1. The lowest BCUT2D eigenvalue weighted by Gasteiger charge is -2.14. The van der Waals surface area contributed by atoms with Gasteiger partial charge in [0.2, 0.25) is 5.88 Å². The molecule has 0 aliphatic heterocycles. The third-order valence-corrected chi connectivity index (χ3v) is 3.10. The van der Waals surface area contributed by atoms with Gasteiger partial charge in [0.05, 0.1) is 19.0 Å². The second-order valence-corrected chi connectivity index (χ2v) is 4.77. The first-order valence-electron chi connectivity index (χ1n) is 6.42. The fourth-order valence-electron chi connectivity index (χ4n) is 1.62. The van der Waals surface area contributed by atoms with Gasteiger partial charge in [-0.05, 0) is 12.3 Å². The second-order valence-electron chi connectivity index (χ2n) is 4.33. The van der Waals surface area contributed by atoms with Crippen molar-refractivity contribution in [3.63, 3.8) is 0 Å². The molecule has 1 aromatic rings. The Morgan fingerprint density at radius 1 is 1.39 bits per heavy atom. The molecule has 1 heterocycles. The average Bonchev–Trinajstić information content (AvgIpc) is 2.39. The third-order valence-electron chi connectivity index (χ3n) is 2.89. The molecule has 0 fully saturated rings. The van der Waals surface area contributed by atoms with Crippen LogP contribution in [0.4, 0.5) is 0 Å². The number of rotatable bonds is 8. The van der Waals surface area contributed by atoms with Crippen LogP contribution < -0.4 is 10.5 Å². The van der Waals surface area contributed by atoms with Crippen LogP contribution >= 0.6 is 12.2 Å². The van der Waals surface area contributed by atoms with E-state index in [2.05, 4.69) is 23.8 Å². The first kappa shape index (κ1) is 14.8. The van der Waals surface area contributed by atoms with E-state index in [1.165, 1.54) is 19.3 Å². The Bertz CT molecular complexity index is 367. The quantitative estimate of drug-likeness (QED) is 0.734. The van der Waals surface area contributed by atoms with Gasteiger partial charge < -0.3 is 10.5 Å². The molecule has 0 saturated carbocycles. The van der Waals surface area contributed by atoms with Gasteiger partial charge in [-0.25, -0.2) is 9.97 Å². The summed E-state index contributed by atoms with van der Waals surface area (Å²) < 4.78 is 5.63. The molecule has 1 atom stereocenters. The molecule has 100 valence electrons.